The number of hydrogen-bond acceptors (Lipinski definition) is 10. The van der Waals surface area contributed by atoms with Crippen LogP contribution in [-0.2, 0) is 23.8 Å². The van der Waals surface area contributed by atoms with Gasteiger partial charge in [0.25, 0.3) is 0 Å². The molecule has 0 aromatic carbocycles. The van der Waals surface area contributed by atoms with E-state index in [0.29, 0.717) is 12.8 Å². The van der Waals surface area contributed by atoms with Gasteiger partial charge in [-0.25, -0.2) is 0 Å². The van der Waals surface area contributed by atoms with Gasteiger partial charge in [-0.1, -0.05) is 298 Å². The first kappa shape index (κ1) is 80.9. The quantitative estimate of drug-likeness (QED) is 0.0195. The van der Waals surface area contributed by atoms with Crippen molar-refractivity contribution in [1.29, 1.82) is 0 Å². The highest BCUT2D eigenvalue weighted by atomic mass is 16.7. The van der Waals surface area contributed by atoms with E-state index < -0.39 is 67.4 Å². The first-order valence-corrected chi connectivity index (χ1v) is 35.9. The molecule has 0 radical (unpaired) electrons. The molecule has 1 aliphatic heterocycles. The van der Waals surface area contributed by atoms with E-state index in [1.807, 2.05) is 6.08 Å². The molecule has 8 unspecified atom stereocenters. The average Bonchev–Trinajstić information content (AvgIpc) is 3.68. The number of nitrogens with one attached hydrogen (secondary N) is 1. The Labute approximate surface area is 527 Å². The van der Waals surface area contributed by atoms with Crippen molar-refractivity contribution in [2.24, 2.45) is 0 Å². The third-order valence-corrected chi connectivity index (χ3v) is 16.5. The summed E-state index contributed by atoms with van der Waals surface area (Å²) in [7, 11) is 0. The fourth-order valence-electron chi connectivity index (χ4n) is 10.9. The zero-order chi connectivity index (χ0) is 62.4. The van der Waals surface area contributed by atoms with Gasteiger partial charge in [-0.05, 0) is 96.3 Å². The Bertz CT molecular complexity index is 1720. The molecule has 0 bridgehead atoms. The summed E-state index contributed by atoms with van der Waals surface area (Å²) in [5.41, 5.74) is 0. The van der Waals surface area contributed by atoms with Crippen molar-refractivity contribution in [1.82, 2.24) is 5.32 Å². The molecular weight excluding hydrogens is 1070 g/mol. The van der Waals surface area contributed by atoms with Crippen LogP contribution in [0.4, 0.5) is 0 Å². The summed E-state index contributed by atoms with van der Waals surface area (Å²) >= 11 is 0. The zero-order valence-corrected chi connectivity index (χ0v) is 55.4. The summed E-state index contributed by atoms with van der Waals surface area (Å²) in [6.45, 7) is 5.70. The SMILES string of the molecule is CC/C=C\C/C=C\C/C=C\C/C=C\C/C=C\CCCCCCCCCCCCC(O)C(=O)NC(COC1OC(CO)C(O)C(O)C1OC(=O)CCCCCCCCCCC/C=C/CCCCCCCC)C(O)/C=C/CCCCCCCCCCCC. The normalized spacial score (nSPS) is 18.8. The second-order valence-electron chi connectivity index (χ2n) is 24.6. The molecule has 6 N–H and O–H groups in total. The van der Waals surface area contributed by atoms with Crippen molar-refractivity contribution in [2.45, 2.75) is 365 Å². The number of rotatable bonds is 61. The largest absolute Gasteiger partial charge is 0.454 e. The smallest absolute Gasteiger partial charge is 0.306 e. The molecule has 0 spiro atoms. The van der Waals surface area contributed by atoms with Gasteiger partial charge in [0.2, 0.25) is 5.91 Å². The van der Waals surface area contributed by atoms with Gasteiger partial charge in [-0.2, -0.15) is 0 Å². The summed E-state index contributed by atoms with van der Waals surface area (Å²) in [5, 5.41) is 57.3. The van der Waals surface area contributed by atoms with Crippen LogP contribution in [-0.4, -0.2) is 99.6 Å². The molecule has 1 saturated heterocycles. The van der Waals surface area contributed by atoms with Crippen molar-refractivity contribution < 1.29 is 49.3 Å². The van der Waals surface area contributed by atoms with Crippen LogP contribution in [0.2, 0.25) is 0 Å². The van der Waals surface area contributed by atoms with Crippen LogP contribution in [0.3, 0.4) is 0 Å². The highest BCUT2D eigenvalue weighted by Gasteiger charge is 2.47. The maximum absolute atomic E-state index is 13.5. The Morgan fingerprint density at radius 2 is 0.837 bits per heavy atom. The predicted molar refractivity (Wildman–Crippen MR) is 361 cm³/mol. The number of ether oxygens (including phenoxy) is 3. The van der Waals surface area contributed by atoms with E-state index in [-0.39, 0.29) is 19.4 Å². The Morgan fingerprint density at radius 3 is 1.27 bits per heavy atom. The highest BCUT2D eigenvalue weighted by molar-refractivity contribution is 5.80. The lowest BCUT2D eigenvalue weighted by molar-refractivity contribution is -0.305. The highest BCUT2D eigenvalue weighted by Crippen LogP contribution is 2.26. The molecule has 1 heterocycles. The van der Waals surface area contributed by atoms with Crippen LogP contribution in [0, 0.1) is 0 Å². The number of aliphatic hydroxyl groups is 5. The van der Waals surface area contributed by atoms with Gasteiger partial charge < -0.3 is 45.1 Å². The number of allylic oxidation sites excluding steroid dienone is 13. The second kappa shape index (κ2) is 62.1. The molecular formula is C75H133NO10. The Hall–Kier alpha value is -3.16. The summed E-state index contributed by atoms with van der Waals surface area (Å²) in [5.74, 6) is -1.19. The first-order chi connectivity index (χ1) is 42.2. The van der Waals surface area contributed by atoms with Crippen LogP contribution in [0.25, 0.3) is 0 Å². The van der Waals surface area contributed by atoms with Gasteiger partial charge in [0.05, 0.1) is 25.4 Å². The van der Waals surface area contributed by atoms with E-state index in [1.54, 1.807) is 6.08 Å². The van der Waals surface area contributed by atoms with E-state index >= 15 is 0 Å². The van der Waals surface area contributed by atoms with Gasteiger partial charge in [0.1, 0.15) is 24.4 Å². The van der Waals surface area contributed by atoms with Gasteiger partial charge >= 0.3 is 5.97 Å². The number of hydrogen-bond donors (Lipinski definition) is 6. The molecule has 1 amide bonds. The molecule has 86 heavy (non-hydrogen) atoms. The monoisotopic (exact) mass is 1210 g/mol. The van der Waals surface area contributed by atoms with Crippen LogP contribution in [0.15, 0.2) is 85.1 Å². The lowest BCUT2D eigenvalue weighted by Gasteiger charge is -2.41. The predicted octanol–water partition coefficient (Wildman–Crippen LogP) is 18.5. The van der Waals surface area contributed by atoms with Gasteiger partial charge in [-0.15, -0.1) is 0 Å². The Morgan fingerprint density at radius 1 is 0.465 bits per heavy atom. The summed E-state index contributed by atoms with van der Waals surface area (Å²) in [6, 6.07) is -1.03. The molecule has 0 aromatic heterocycles. The van der Waals surface area contributed by atoms with Crippen LogP contribution >= 0.6 is 0 Å². The number of aliphatic hydroxyl groups excluding tert-OH is 5. The summed E-state index contributed by atoms with van der Waals surface area (Å²) in [6.07, 6.45) is 71.9. The average molecular weight is 1210 g/mol. The van der Waals surface area contributed by atoms with Crippen molar-refractivity contribution in [3.63, 3.8) is 0 Å². The van der Waals surface area contributed by atoms with Crippen LogP contribution in [0.5, 0.6) is 0 Å². The van der Waals surface area contributed by atoms with Crippen LogP contribution in [0.1, 0.15) is 316 Å². The van der Waals surface area contributed by atoms with E-state index in [2.05, 4.69) is 99.0 Å². The number of amides is 1. The van der Waals surface area contributed by atoms with E-state index in [4.69, 9.17) is 14.2 Å². The molecule has 0 saturated carbocycles. The molecule has 1 rings (SSSR count). The molecule has 0 aliphatic carbocycles. The number of carbonyl (C=O) groups is 2. The number of unbranched alkanes of at least 4 members (excludes halogenated alkanes) is 35. The standard InChI is InChI=1S/C75H133NO10/c1-4-7-10-13-16-19-22-25-27-29-31-32-33-34-35-36-37-39-40-42-44-47-50-53-56-59-62-68(79)74(83)76-66(67(78)61-58-55-52-49-46-24-21-18-15-12-9-6-3)65-84-75-73(72(82)71(81)69(64-77)85-75)86-70(80)63-60-57-54-51-48-45-43-41-38-30-28-26-23-20-17-14-11-8-5-2/h7,10,16,19,25-28,31-32,34-35,58,61,66-69,71-73,75,77-79,81-82H,4-6,8-9,11-15,17-18,20-24,29-30,33,36-57,59-60,62-65H2,1-3H3,(H,76,83)/b10-7-,19-16-,27-25-,28-26+,32-31-,35-34-,61-58+. The van der Waals surface area contributed by atoms with Gasteiger partial charge in [0, 0.05) is 6.42 Å². The summed E-state index contributed by atoms with van der Waals surface area (Å²) in [4.78, 5) is 26.7. The second-order valence-corrected chi connectivity index (χ2v) is 24.6. The minimum Gasteiger partial charge on any atom is -0.454 e. The molecule has 11 nitrogen and oxygen atoms in total. The van der Waals surface area contributed by atoms with Crippen molar-refractivity contribution in [3.05, 3.63) is 85.1 Å². The third-order valence-electron chi connectivity index (χ3n) is 16.5. The van der Waals surface area contributed by atoms with E-state index in [9.17, 15) is 35.1 Å². The molecule has 11 heteroatoms. The fourth-order valence-corrected chi connectivity index (χ4v) is 10.9. The van der Waals surface area contributed by atoms with Gasteiger partial charge in [-0.3, -0.25) is 9.59 Å². The lowest BCUT2D eigenvalue weighted by atomic mass is 9.99. The molecule has 0 aromatic rings. The minimum absolute atomic E-state index is 0.120. The Balaban J connectivity index is 2.57. The Kier molecular flexibility index (Phi) is 58.3. The maximum Gasteiger partial charge on any atom is 0.306 e. The van der Waals surface area contributed by atoms with Gasteiger partial charge in [0.15, 0.2) is 12.4 Å². The molecule has 1 fully saturated rings. The fraction of sp³-hybridized carbons (Fsp3) is 0.787. The van der Waals surface area contributed by atoms with Crippen molar-refractivity contribution in [2.75, 3.05) is 13.2 Å². The lowest BCUT2D eigenvalue weighted by Crippen LogP contribution is -2.61. The summed E-state index contributed by atoms with van der Waals surface area (Å²) < 4.78 is 17.7. The number of esters is 1. The van der Waals surface area contributed by atoms with Crippen molar-refractivity contribution >= 4 is 11.9 Å². The zero-order valence-electron chi connectivity index (χ0n) is 55.4. The molecule has 498 valence electrons. The third kappa shape index (κ3) is 48.7. The van der Waals surface area contributed by atoms with Crippen LogP contribution < -0.4 is 5.32 Å². The topological polar surface area (TPSA) is 175 Å². The first-order valence-electron chi connectivity index (χ1n) is 35.9. The van der Waals surface area contributed by atoms with E-state index in [1.165, 1.54) is 173 Å². The number of carbonyl (C=O) groups excluding carboxylic acids is 2. The molecule has 1 aliphatic rings. The maximum atomic E-state index is 13.5. The van der Waals surface area contributed by atoms with Crippen molar-refractivity contribution in [3.8, 4) is 0 Å². The minimum atomic E-state index is -1.62. The van der Waals surface area contributed by atoms with E-state index in [0.717, 1.165) is 96.3 Å². The molecule has 8 atom stereocenters.